The van der Waals surface area contributed by atoms with Crippen LogP contribution in [0.3, 0.4) is 0 Å². The quantitative estimate of drug-likeness (QED) is 0.256. The lowest BCUT2D eigenvalue weighted by Crippen LogP contribution is -3.00. The summed E-state index contributed by atoms with van der Waals surface area (Å²) in [6.07, 6.45) is 0. The molecule has 0 saturated heterocycles. The highest BCUT2D eigenvalue weighted by Gasteiger charge is 2.43. The van der Waals surface area contributed by atoms with Gasteiger partial charge >= 0.3 is 0 Å². The van der Waals surface area contributed by atoms with E-state index in [-0.39, 0.29) is 33.9 Å². The molecule has 23 heavy (non-hydrogen) atoms. The van der Waals surface area contributed by atoms with Gasteiger partial charge in [-0.05, 0) is 59.0 Å². The van der Waals surface area contributed by atoms with Gasteiger partial charge in [-0.3, -0.25) is 0 Å². The number of halogens is 2. The molecule has 3 aromatic carbocycles. The molecule has 0 fully saturated rings. The molecule has 0 spiro atoms. The summed E-state index contributed by atoms with van der Waals surface area (Å²) in [5.41, 5.74) is 0. The second-order valence-electron chi connectivity index (χ2n) is 4.94. The maximum Gasteiger partial charge on any atom is 0.124 e. The summed E-state index contributed by atoms with van der Waals surface area (Å²) in [7, 11) is -1.55. The lowest BCUT2D eigenvalue weighted by molar-refractivity contribution is -0.00000407. The fraction of sp³-hybridized carbons (Fsp3) is 0.0526. The maximum atomic E-state index is 2.56. The topological polar surface area (TPSA) is 0 Å². The number of alkyl halides is 1. The fourth-order valence-electron chi connectivity index (χ4n) is 2.70. The lowest BCUT2D eigenvalue weighted by Gasteiger charge is -2.25. The van der Waals surface area contributed by atoms with Gasteiger partial charge in [0.25, 0.3) is 0 Å². The average Bonchev–Trinajstić information content (AvgIpc) is 2.59. The van der Waals surface area contributed by atoms with Crippen LogP contribution in [0.5, 0.6) is 0 Å². The first-order valence-corrected chi connectivity index (χ1v) is 10.5. The Kier molecular flexibility index (Phi) is 9.21. The Morgan fingerprint density at radius 3 is 1.04 bits per heavy atom. The summed E-state index contributed by atoms with van der Waals surface area (Å²) in [6, 6.07) is 32.9. The van der Waals surface area contributed by atoms with Gasteiger partial charge in [-0.2, -0.15) is 9.90 Å². The third-order valence-electron chi connectivity index (χ3n) is 3.77. The highest BCUT2D eigenvalue weighted by atomic mass is 127. The second kappa shape index (κ2) is 10.1. The Labute approximate surface area is 173 Å². The SMILES string of the molecule is IC[P+](c1ccccc1)(c1ccccc1)c1ccccc1.P.[I-]. The van der Waals surface area contributed by atoms with Crippen molar-refractivity contribution in [1.29, 1.82) is 0 Å². The van der Waals surface area contributed by atoms with Crippen LogP contribution in [-0.2, 0) is 0 Å². The molecule has 0 heterocycles. The molecule has 0 saturated carbocycles. The highest BCUT2D eigenvalue weighted by Crippen LogP contribution is 2.56. The first-order valence-electron chi connectivity index (χ1n) is 6.99. The minimum absolute atomic E-state index is 0. The van der Waals surface area contributed by atoms with E-state index in [9.17, 15) is 0 Å². The molecule has 120 valence electrons. The van der Waals surface area contributed by atoms with Crippen molar-refractivity contribution in [2.24, 2.45) is 0 Å². The predicted molar refractivity (Wildman–Crippen MR) is 115 cm³/mol. The molecular weight excluding hydrogens is 544 g/mol. The van der Waals surface area contributed by atoms with Gasteiger partial charge in [0.2, 0.25) is 0 Å². The molecule has 0 amide bonds. The standard InChI is InChI=1S/C19H17IP.HI.H3P/c20-16-21(17-10-4-1-5-11-17,18-12-6-2-7-13-18)19-14-8-3-9-15-19;;/h1-15H,16H2;1H;1H3/q+1;;/p-1. The van der Waals surface area contributed by atoms with Crippen molar-refractivity contribution >= 4 is 55.7 Å². The molecule has 1 unspecified atom stereocenters. The summed E-state index contributed by atoms with van der Waals surface area (Å²) in [6.45, 7) is 0. The van der Waals surface area contributed by atoms with E-state index in [1.54, 1.807) is 0 Å². The number of benzene rings is 3. The van der Waals surface area contributed by atoms with Gasteiger partial charge in [-0.1, -0.05) is 54.6 Å². The molecule has 0 radical (unpaired) electrons. The molecule has 3 aromatic rings. The van der Waals surface area contributed by atoms with Gasteiger partial charge in [-0.25, -0.2) is 0 Å². The van der Waals surface area contributed by atoms with Crippen molar-refractivity contribution in [3.63, 3.8) is 0 Å². The van der Waals surface area contributed by atoms with Crippen molar-refractivity contribution in [1.82, 2.24) is 0 Å². The highest BCUT2D eigenvalue weighted by molar-refractivity contribution is 14.1. The van der Waals surface area contributed by atoms with Gasteiger partial charge in [0.15, 0.2) is 0 Å². The molecule has 1 atom stereocenters. The molecule has 0 aliphatic carbocycles. The zero-order valence-electron chi connectivity index (χ0n) is 12.8. The van der Waals surface area contributed by atoms with E-state index in [2.05, 4.69) is 114 Å². The largest absolute Gasteiger partial charge is 1.00 e. The van der Waals surface area contributed by atoms with Crippen LogP contribution < -0.4 is 39.9 Å². The number of hydrogen-bond donors (Lipinski definition) is 0. The predicted octanol–water partition coefficient (Wildman–Crippen LogP) is 1.44. The van der Waals surface area contributed by atoms with Crippen LogP contribution in [0.1, 0.15) is 0 Å². The fourth-order valence-corrected chi connectivity index (χ4v) is 9.60. The van der Waals surface area contributed by atoms with E-state index in [1.165, 1.54) is 15.9 Å². The first kappa shape index (κ1) is 21.0. The third kappa shape index (κ3) is 4.34. The van der Waals surface area contributed by atoms with Crippen LogP contribution in [0.4, 0.5) is 0 Å². The molecule has 0 nitrogen and oxygen atoms in total. The molecule has 0 aliphatic rings. The summed E-state index contributed by atoms with van der Waals surface area (Å²) in [4.78, 5) is 0. The van der Waals surface area contributed by atoms with Crippen LogP contribution in [0.25, 0.3) is 0 Å². The number of rotatable bonds is 4. The molecule has 4 heteroatoms. The Morgan fingerprint density at radius 2 is 0.826 bits per heavy atom. The van der Waals surface area contributed by atoms with Crippen molar-refractivity contribution in [3.8, 4) is 0 Å². The normalized spacial score (nSPS) is 10.3. The summed E-state index contributed by atoms with van der Waals surface area (Å²) < 4.78 is 1.11. The Hall–Kier alpha value is -0.0200. The maximum absolute atomic E-state index is 2.56. The third-order valence-corrected chi connectivity index (χ3v) is 10.7. The Bertz CT molecular complexity index is 592. The van der Waals surface area contributed by atoms with Crippen molar-refractivity contribution in [2.45, 2.75) is 0 Å². The molecule has 0 aromatic heterocycles. The zero-order valence-corrected chi connectivity index (χ0v) is 19.4. The molecule has 3 rings (SSSR count). The summed E-state index contributed by atoms with van der Waals surface area (Å²) in [5, 5.41) is 4.37. The Balaban J connectivity index is 0.00000132. The summed E-state index contributed by atoms with van der Waals surface area (Å²) in [5.74, 6) is 0. The van der Waals surface area contributed by atoms with Crippen LogP contribution in [0.15, 0.2) is 91.0 Å². The number of hydrogen-bond acceptors (Lipinski definition) is 0. The molecule has 0 bridgehead atoms. The van der Waals surface area contributed by atoms with E-state index >= 15 is 0 Å². The molecule has 0 N–H and O–H groups in total. The minimum Gasteiger partial charge on any atom is -1.00 e. The first-order chi connectivity index (χ1) is 10.4. The van der Waals surface area contributed by atoms with Crippen LogP contribution in [0.2, 0.25) is 0 Å². The van der Waals surface area contributed by atoms with E-state index in [0.717, 1.165) is 4.17 Å². The summed E-state index contributed by atoms with van der Waals surface area (Å²) >= 11 is 2.56. The van der Waals surface area contributed by atoms with Gasteiger partial charge in [0.1, 0.15) is 27.3 Å². The second-order valence-corrected chi connectivity index (χ2v) is 10.4. The van der Waals surface area contributed by atoms with Crippen LogP contribution in [-0.4, -0.2) is 4.17 Å². The van der Waals surface area contributed by atoms with Gasteiger partial charge in [0.05, 0.1) is 0 Å². The van der Waals surface area contributed by atoms with Gasteiger partial charge < -0.3 is 24.0 Å². The van der Waals surface area contributed by atoms with Crippen molar-refractivity contribution in [3.05, 3.63) is 91.0 Å². The van der Waals surface area contributed by atoms with Crippen molar-refractivity contribution < 1.29 is 24.0 Å². The van der Waals surface area contributed by atoms with E-state index < -0.39 is 7.26 Å². The molecule has 0 aliphatic heterocycles. The van der Waals surface area contributed by atoms with E-state index in [1.807, 2.05) is 0 Å². The molecular formula is C19H20I2P2. The average molecular weight is 564 g/mol. The van der Waals surface area contributed by atoms with Crippen LogP contribution in [0, 0.1) is 0 Å². The van der Waals surface area contributed by atoms with Gasteiger partial charge in [-0.15, -0.1) is 0 Å². The minimum atomic E-state index is -1.55. The van der Waals surface area contributed by atoms with Crippen molar-refractivity contribution in [2.75, 3.05) is 4.17 Å². The van der Waals surface area contributed by atoms with E-state index in [4.69, 9.17) is 0 Å². The van der Waals surface area contributed by atoms with Crippen LogP contribution >= 0.6 is 39.8 Å². The zero-order chi connectivity index (χ0) is 14.5. The Morgan fingerprint density at radius 1 is 0.565 bits per heavy atom. The lowest BCUT2D eigenvalue weighted by atomic mass is 10.4. The smallest absolute Gasteiger partial charge is 0.124 e. The van der Waals surface area contributed by atoms with Gasteiger partial charge in [0, 0.05) is 0 Å². The van der Waals surface area contributed by atoms with E-state index in [0.29, 0.717) is 0 Å². The monoisotopic (exact) mass is 564 g/mol.